The number of nitrogens with two attached hydrogens (primary N) is 1. The first-order valence-corrected chi connectivity index (χ1v) is 8.85. The molecule has 0 aromatic carbocycles. The Balaban J connectivity index is 1.32. The summed E-state index contributed by atoms with van der Waals surface area (Å²) >= 11 is 0.161. The molecule has 23 heavy (non-hydrogen) atoms. The molecule has 2 saturated heterocycles. The molecular formula is C14H22N4O4S. The first-order chi connectivity index (χ1) is 11.0. The van der Waals surface area contributed by atoms with Gasteiger partial charge in [-0.2, -0.15) is 9.35 Å². The molecular weight excluding hydrogens is 320 g/mol. The van der Waals surface area contributed by atoms with Crippen LogP contribution in [0.3, 0.4) is 0 Å². The van der Waals surface area contributed by atoms with Crippen LogP contribution in [0.25, 0.3) is 0 Å². The van der Waals surface area contributed by atoms with Gasteiger partial charge in [0.25, 0.3) is 0 Å². The van der Waals surface area contributed by atoms with Crippen LogP contribution in [0.5, 0.6) is 0 Å². The maximum absolute atomic E-state index is 12.5. The lowest BCUT2D eigenvalue weighted by Crippen LogP contribution is -2.61. The van der Waals surface area contributed by atoms with Crippen molar-refractivity contribution in [3.63, 3.8) is 0 Å². The zero-order chi connectivity index (χ0) is 16.2. The maximum Gasteiger partial charge on any atom is 0.346 e. The summed E-state index contributed by atoms with van der Waals surface area (Å²) in [6.45, 7) is 0.473. The lowest BCUT2D eigenvalue weighted by Gasteiger charge is -2.57. The predicted octanol–water partition coefficient (Wildman–Crippen LogP) is 0.694. The van der Waals surface area contributed by atoms with Gasteiger partial charge in [0.05, 0.1) is 6.04 Å². The molecule has 4 rings (SSSR count). The average molecular weight is 342 g/mol. The number of nitrogens with zero attached hydrogens (tertiary/aromatic N) is 2. The van der Waals surface area contributed by atoms with E-state index in [0.29, 0.717) is 30.8 Å². The summed E-state index contributed by atoms with van der Waals surface area (Å²) in [5.74, 6) is -0.0706. The fourth-order valence-corrected chi connectivity index (χ4v) is 5.07. The largest absolute Gasteiger partial charge is 0.352 e. The SMILES string of the molecule is NC1CC2(C1)CC(NC(=O)[C@@H]1CC[C@@H]3CN1C(=O)N3OSO)C2. The van der Waals surface area contributed by atoms with E-state index in [-0.39, 0.29) is 36.3 Å². The van der Waals surface area contributed by atoms with Crippen molar-refractivity contribution in [2.45, 2.75) is 62.7 Å². The Morgan fingerprint density at radius 2 is 2.09 bits per heavy atom. The summed E-state index contributed by atoms with van der Waals surface area (Å²) in [5.41, 5.74) is 6.23. The summed E-state index contributed by atoms with van der Waals surface area (Å²) in [6.07, 6.45) is 5.48. The van der Waals surface area contributed by atoms with Gasteiger partial charge in [-0.15, -0.1) is 0 Å². The van der Waals surface area contributed by atoms with Gasteiger partial charge < -0.3 is 20.5 Å². The van der Waals surface area contributed by atoms with Crippen LogP contribution in [-0.2, 0) is 9.08 Å². The van der Waals surface area contributed by atoms with E-state index in [1.807, 2.05) is 0 Å². The van der Waals surface area contributed by atoms with E-state index < -0.39 is 6.04 Å². The number of hydrogen-bond donors (Lipinski definition) is 3. The molecule has 4 aliphatic rings. The average Bonchev–Trinajstić information content (AvgIpc) is 2.69. The highest BCUT2D eigenvalue weighted by atomic mass is 32.2. The van der Waals surface area contributed by atoms with Gasteiger partial charge in [-0.1, -0.05) is 0 Å². The van der Waals surface area contributed by atoms with Gasteiger partial charge in [-0.3, -0.25) is 4.79 Å². The van der Waals surface area contributed by atoms with Crippen LogP contribution in [0.1, 0.15) is 38.5 Å². The molecule has 0 aromatic heterocycles. The Hall–Kier alpha value is -1.03. The molecule has 2 atom stereocenters. The van der Waals surface area contributed by atoms with Gasteiger partial charge in [0, 0.05) is 18.6 Å². The molecule has 8 nitrogen and oxygen atoms in total. The van der Waals surface area contributed by atoms with Gasteiger partial charge in [-0.05, 0) is 43.9 Å². The third-order valence-corrected chi connectivity index (χ3v) is 6.06. The van der Waals surface area contributed by atoms with E-state index in [1.54, 1.807) is 4.90 Å². The minimum absolute atomic E-state index is 0.0706. The third-order valence-electron chi connectivity index (χ3n) is 5.83. The van der Waals surface area contributed by atoms with Crippen molar-refractivity contribution in [3.05, 3.63) is 0 Å². The van der Waals surface area contributed by atoms with Crippen molar-refractivity contribution < 1.29 is 18.4 Å². The number of rotatable bonds is 4. The number of hydrogen-bond acceptors (Lipinski definition) is 6. The highest BCUT2D eigenvalue weighted by Crippen LogP contribution is 2.55. The Bertz CT molecular complexity index is 519. The lowest BCUT2D eigenvalue weighted by atomic mass is 9.52. The molecule has 4 fully saturated rings. The number of carbonyl (C=O) groups is 2. The molecule has 2 aliphatic heterocycles. The number of hydroxylamine groups is 2. The predicted molar refractivity (Wildman–Crippen MR) is 82.9 cm³/mol. The highest BCUT2D eigenvalue weighted by Gasteiger charge is 2.53. The fourth-order valence-electron chi connectivity index (χ4n) is 4.81. The molecule has 2 aliphatic carbocycles. The third kappa shape index (κ3) is 2.50. The van der Waals surface area contributed by atoms with Crippen molar-refractivity contribution in [1.29, 1.82) is 0 Å². The van der Waals surface area contributed by atoms with Crippen LogP contribution < -0.4 is 11.1 Å². The molecule has 9 heteroatoms. The second-order valence-electron chi connectivity index (χ2n) is 7.44. The minimum Gasteiger partial charge on any atom is -0.352 e. The van der Waals surface area contributed by atoms with Crippen LogP contribution in [0, 0.1) is 5.41 Å². The molecule has 3 amide bonds. The van der Waals surface area contributed by atoms with E-state index in [2.05, 4.69) is 5.32 Å². The molecule has 128 valence electrons. The number of fused-ring (bicyclic) bond motifs is 2. The number of amides is 3. The molecule has 0 aromatic rings. The minimum atomic E-state index is -0.434. The van der Waals surface area contributed by atoms with Crippen molar-refractivity contribution in [2.24, 2.45) is 11.1 Å². The molecule has 4 N–H and O–H groups in total. The van der Waals surface area contributed by atoms with Gasteiger partial charge in [0.15, 0.2) is 12.3 Å². The second kappa shape index (κ2) is 5.51. The number of urea groups is 1. The molecule has 0 radical (unpaired) electrons. The number of carbonyl (C=O) groups excluding carboxylic acids is 2. The summed E-state index contributed by atoms with van der Waals surface area (Å²) < 4.78 is 13.7. The van der Waals surface area contributed by atoms with Crippen LogP contribution in [-0.4, -0.2) is 57.2 Å². The molecule has 0 unspecified atom stereocenters. The van der Waals surface area contributed by atoms with Crippen molar-refractivity contribution in [3.8, 4) is 0 Å². The van der Waals surface area contributed by atoms with Gasteiger partial charge in [-0.25, -0.2) is 4.79 Å². The van der Waals surface area contributed by atoms with Crippen molar-refractivity contribution in [2.75, 3.05) is 6.54 Å². The van der Waals surface area contributed by atoms with Crippen LogP contribution in [0.2, 0.25) is 0 Å². The van der Waals surface area contributed by atoms with Crippen molar-refractivity contribution in [1.82, 2.24) is 15.3 Å². The van der Waals surface area contributed by atoms with Crippen LogP contribution >= 0.6 is 12.3 Å². The Morgan fingerprint density at radius 3 is 2.74 bits per heavy atom. The zero-order valence-electron chi connectivity index (χ0n) is 12.8. The fraction of sp³-hybridized carbons (Fsp3) is 0.857. The lowest BCUT2D eigenvalue weighted by molar-refractivity contribution is -0.129. The van der Waals surface area contributed by atoms with Crippen LogP contribution in [0.4, 0.5) is 4.79 Å². The maximum atomic E-state index is 12.5. The Kier molecular flexibility index (Phi) is 3.71. The number of piperidine rings is 1. The summed E-state index contributed by atoms with van der Waals surface area (Å²) in [5, 5.41) is 4.26. The summed E-state index contributed by atoms with van der Waals surface area (Å²) in [6, 6.07) is -0.319. The summed E-state index contributed by atoms with van der Waals surface area (Å²) in [7, 11) is 0. The quantitative estimate of drug-likeness (QED) is 0.649. The second-order valence-corrected chi connectivity index (χ2v) is 7.74. The number of nitrogens with one attached hydrogen (secondary N) is 1. The highest BCUT2D eigenvalue weighted by molar-refractivity contribution is 7.88. The molecule has 2 bridgehead atoms. The van der Waals surface area contributed by atoms with E-state index in [0.717, 1.165) is 25.7 Å². The first kappa shape index (κ1) is 15.5. The van der Waals surface area contributed by atoms with Gasteiger partial charge in [0.2, 0.25) is 5.91 Å². The van der Waals surface area contributed by atoms with E-state index >= 15 is 0 Å². The van der Waals surface area contributed by atoms with E-state index in [9.17, 15) is 9.59 Å². The monoisotopic (exact) mass is 342 g/mol. The van der Waals surface area contributed by atoms with Gasteiger partial charge in [0.1, 0.15) is 6.04 Å². The van der Waals surface area contributed by atoms with Crippen LogP contribution in [0.15, 0.2) is 0 Å². The van der Waals surface area contributed by atoms with Gasteiger partial charge >= 0.3 is 6.03 Å². The normalized spacial score (nSPS) is 41.7. The first-order valence-electron chi connectivity index (χ1n) is 8.15. The van der Waals surface area contributed by atoms with E-state index in [4.69, 9.17) is 14.6 Å². The topological polar surface area (TPSA) is 108 Å². The Morgan fingerprint density at radius 1 is 1.35 bits per heavy atom. The molecule has 2 heterocycles. The molecule has 2 saturated carbocycles. The van der Waals surface area contributed by atoms with Crippen molar-refractivity contribution >= 4 is 24.3 Å². The smallest absolute Gasteiger partial charge is 0.346 e. The Labute approximate surface area is 139 Å². The zero-order valence-corrected chi connectivity index (χ0v) is 13.6. The standard InChI is InChI=1S/C14H22N4O4S/c15-8-3-14(4-8)5-9(6-14)16-12(19)11-2-1-10-7-17(11)13(20)18(10)22-23-21/h8-11,21H,1-7,15H2,(H,16,19)/t8?,9?,10-,11+,14?/m1/s1. The summed E-state index contributed by atoms with van der Waals surface area (Å²) in [4.78, 5) is 26.4. The van der Waals surface area contributed by atoms with E-state index in [1.165, 1.54) is 5.06 Å². The molecule has 1 spiro atoms.